The van der Waals surface area contributed by atoms with Crippen molar-refractivity contribution in [1.29, 1.82) is 0 Å². The molecule has 0 bridgehead atoms. The Bertz CT molecular complexity index is 333. The molecular weight excluding hydrogens is 240 g/mol. The van der Waals surface area contributed by atoms with Gasteiger partial charge in [-0.05, 0) is 50.2 Å². The summed E-state index contributed by atoms with van der Waals surface area (Å²) in [5.74, 6) is 1.56. The first-order chi connectivity index (χ1) is 8.59. The van der Waals surface area contributed by atoms with Crippen LogP contribution in [0.25, 0.3) is 0 Å². The summed E-state index contributed by atoms with van der Waals surface area (Å²) in [6, 6.07) is 5.65. The Morgan fingerprint density at radius 3 is 2.56 bits per heavy atom. The molecule has 1 N–H and O–H groups in total. The number of hydrogen-bond acceptors (Lipinski definition) is 3. The van der Waals surface area contributed by atoms with Gasteiger partial charge in [-0.3, -0.25) is 0 Å². The predicted molar refractivity (Wildman–Crippen MR) is 80.1 cm³/mol. The van der Waals surface area contributed by atoms with Gasteiger partial charge in [-0.25, -0.2) is 0 Å². The molecule has 2 nitrogen and oxygen atoms in total. The fraction of sp³-hybridized carbons (Fsp3) is 0.733. The van der Waals surface area contributed by atoms with Crippen LogP contribution in [0.5, 0.6) is 0 Å². The highest BCUT2D eigenvalue weighted by Gasteiger charge is 2.33. The molecule has 0 saturated heterocycles. The van der Waals surface area contributed by atoms with Gasteiger partial charge in [0.2, 0.25) is 0 Å². The lowest BCUT2D eigenvalue weighted by Crippen LogP contribution is -2.42. The van der Waals surface area contributed by atoms with Crippen LogP contribution in [0.15, 0.2) is 17.5 Å². The second-order valence-electron chi connectivity index (χ2n) is 6.01. The lowest BCUT2D eigenvalue weighted by atomic mass is 10.0. The fourth-order valence-electron chi connectivity index (χ4n) is 2.66. The maximum Gasteiger partial charge on any atom is 0.0443 e. The molecule has 0 aliphatic heterocycles. The molecule has 1 saturated carbocycles. The Morgan fingerprint density at radius 2 is 2.11 bits per heavy atom. The van der Waals surface area contributed by atoms with Crippen molar-refractivity contribution in [3.63, 3.8) is 0 Å². The van der Waals surface area contributed by atoms with E-state index >= 15 is 0 Å². The molecule has 2 rings (SSSR count). The molecule has 0 radical (unpaired) electrons. The van der Waals surface area contributed by atoms with E-state index in [9.17, 15) is 0 Å². The molecule has 1 aliphatic carbocycles. The summed E-state index contributed by atoms with van der Waals surface area (Å²) in [5.41, 5.74) is 0. The maximum absolute atomic E-state index is 3.82. The Hall–Kier alpha value is -0.380. The SMILES string of the molecule is CC(C)C(CNC(c1cccs1)C1CC1)N(C)C. The van der Waals surface area contributed by atoms with Gasteiger partial charge in [0.1, 0.15) is 0 Å². The minimum atomic E-state index is 0.589. The van der Waals surface area contributed by atoms with E-state index in [0.29, 0.717) is 18.0 Å². The van der Waals surface area contributed by atoms with Crippen molar-refractivity contribution < 1.29 is 0 Å². The van der Waals surface area contributed by atoms with Gasteiger partial charge in [0.15, 0.2) is 0 Å². The molecule has 0 aromatic carbocycles. The van der Waals surface area contributed by atoms with Crippen molar-refractivity contribution in [2.45, 2.75) is 38.8 Å². The minimum absolute atomic E-state index is 0.589. The molecule has 1 aliphatic rings. The molecule has 1 aromatic rings. The highest BCUT2D eigenvalue weighted by Crippen LogP contribution is 2.42. The molecule has 1 fully saturated rings. The van der Waals surface area contributed by atoms with E-state index in [1.54, 1.807) is 0 Å². The second-order valence-corrected chi connectivity index (χ2v) is 6.99. The zero-order chi connectivity index (χ0) is 13.1. The number of rotatable bonds is 7. The van der Waals surface area contributed by atoms with Crippen molar-refractivity contribution in [2.75, 3.05) is 20.6 Å². The Labute approximate surface area is 115 Å². The molecule has 18 heavy (non-hydrogen) atoms. The lowest BCUT2D eigenvalue weighted by Gasteiger charge is -2.30. The molecule has 1 aromatic heterocycles. The number of thiophene rings is 1. The fourth-order valence-corrected chi connectivity index (χ4v) is 3.55. The van der Waals surface area contributed by atoms with Gasteiger partial charge in [0.05, 0.1) is 0 Å². The highest BCUT2D eigenvalue weighted by atomic mass is 32.1. The van der Waals surface area contributed by atoms with E-state index in [0.717, 1.165) is 12.5 Å². The smallest absolute Gasteiger partial charge is 0.0443 e. The molecule has 2 unspecified atom stereocenters. The van der Waals surface area contributed by atoms with Gasteiger partial charge in [-0.1, -0.05) is 19.9 Å². The first kappa shape index (κ1) is 14.0. The lowest BCUT2D eigenvalue weighted by molar-refractivity contribution is 0.216. The molecule has 2 atom stereocenters. The topological polar surface area (TPSA) is 15.3 Å². The van der Waals surface area contributed by atoms with E-state index in [-0.39, 0.29) is 0 Å². The monoisotopic (exact) mass is 266 g/mol. The molecule has 1 heterocycles. The molecule has 0 amide bonds. The van der Waals surface area contributed by atoms with Crippen LogP contribution in [0.4, 0.5) is 0 Å². The number of nitrogens with zero attached hydrogens (tertiary/aromatic N) is 1. The number of likely N-dealkylation sites (N-methyl/N-ethyl adjacent to an activating group) is 1. The average Bonchev–Trinajstić information content (AvgIpc) is 2.98. The summed E-state index contributed by atoms with van der Waals surface area (Å²) in [6.45, 7) is 5.71. The summed E-state index contributed by atoms with van der Waals surface area (Å²) in [6.07, 6.45) is 2.79. The van der Waals surface area contributed by atoms with E-state index in [4.69, 9.17) is 0 Å². The largest absolute Gasteiger partial charge is 0.307 e. The third kappa shape index (κ3) is 3.56. The molecular formula is C15H26N2S. The van der Waals surface area contributed by atoms with Gasteiger partial charge in [0, 0.05) is 23.5 Å². The zero-order valence-electron chi connectivity index (χ0n) is 12.0. The third-order valence-corrected chi connectivity index (χ3v) is 4.88. The van der Waals surface area contributed by atoms with Gasteiger partial charge < -0.3 is 10.2 Å². The molecule has 0 spiro atoms. The van der Waals surface area contributed by atoms with Crippen molar-refractivity contribution in [1.82, 2.24) is 10.2 Å². The average molecular weight is 266 g/mol. The van der Waals surface area contributed by atoms with Crippen molar-refractivity contribution in [3.8, 4) is 0 Å². The predicted octanol–water partition coefficient (Wildman–Crippen LogP) is 3.38. The molecule has 3 heteroatoms. The summed E-state index contributed by atoms with van der Waals surface area (Å²) < 4.78 is 0. The van der Waals surface area contributed by atoms with Crippen LogP contribution in [-0.4, -0.2) is 31.6 Å². The van der Waals surface area contributed by atoms with Crippen LogP contribution in [0.1, 0.15) is 37.6 Å². The summed E-state index contributed by atoms with van der Waals surface area (Å²) in [4.78, 5) is 3.86. The molecule has 102 valence electrons. The van der Waals surface area contributed by atoms with E-state index < -0.39 is 0 Å². The first-order valence-electron chi connectivity index (χ1n) is 7.02. The Morgan fingerprint density at radius 1 is 1.39 bits per heavy atom. The van der Waals surface area contributed by atoms with E-state index in [2.05, 4.69) is 55.7 Å². The quantitative estimate of drug-likeness (QED) is 0.814. The van der Waals surface area contributed by atoms with Crippen LogP contribution in [-0.2, 0) is 0 Å². The minimum Gasteiger partial charge on any atom is -0.307 e. The zero-order valence-corrected chi connectivity index (χ0v) is 12.8. The summed E-state index contributed by atoms with van der Waals surface area (Å²) in [5, 5.41) is 6.01. The van der Waals surface area contributed by atoms with Crippen LogP contribution in [0.3, 0.4) is 0 Å². The van der Waals surface area contributed by atoms with Gasteiger partial charge in [0.25, 0.3) is 0 Å². The summed E-state index contributed by atoms with van der Waals surface area (Å²) in [7, 11) is 4.37. The van der Waals surface area contributed by atoms with Crippen LogP contribution in [0.2, 0.25) is 0 Å². The van der Waals surface area contributed by atoms with Crippen LogP contribution < -0.4 is 5.32 Å². The number of hydrogen-bond donors (Lipinski definition) is 1. The second kappa shape index (κ2) is 6.18. The van der Waals surface area contributed by atoms with E-state index in [1.165, 1.54) is 17.7 Å². The Balaban J connectivity index is 1.93. The van der Waals surface area contributed by atoms with E-state index in [1.807, 2.05) is 11.3 Å². The first-order valence-corrected chi connectivity index (χ1v) is 7.90. The summed E-state index contributed by atoms with van der Waals surface area (Å²) >= 11 is 1.89. The normalized spacial score (nSPS) is 19.4. The van der Waals surface area contributed by atoms with Gasteiger partial charge in [-0.15, -0.1) is 11.3 Å². The third-order valence-electron chi connectivity index (χ3n) is 3.92. The van der Waals surface area contributed by atoms with Gasteiger partial charge in [-0.2, -0.15) is 0 Å². The van der Waals surface area contributed by atoms with Crippen molar-refractivity contribution in [3.05, 3.63) is 22.4 Å². The van der Waals surface area contributed by atoms with Gasteiger partial charge >= 0.3 is 0 Å². The number of nitrogens with one attached hydrogen (secondary N) is 1. The van der Waals surface area contributed by atoms with Crippen molar-refractivity contribution >= 4 is 11.3 Å². The maximum atomic E-state index is 3.82. The highest BCUT2D eigenvalue weighted by molar-refractivity contribution is 7.10. The standard InChI is InChI=1S/C15H26N2S/c1-11(2)13(17(3)4)10-16-15(12-7-8-12)14-6-5-9-18-14/h5-6,9,11-13,15-16H,7-8,10H2,1-4H3. The Kier molecular flexibility index (Phi) is 4.82. The van der Waals surface area contributed by atoms with Crippen molar-refractivity contribution in [2.24, 2.45) is 11.8 Å². The van der Waals surface area contributed by atoms with Crippen LogP contribution in [0, 0.1) is 11.8 Å². The van der Waals surface area contributed by atoms with Crippen LogP contribution >= 0.6 is 11.3 Å².